The fourth-order valence-electron chi connectivity index (χ4n) is 3.19. The molecule has 0 spiro atoms. The summed E-state index contributed by atoms with van der Waals surface area (Å²) in [6.45, 7) is 0. The van der Waals surface area contributed by atoms with Crippen LogP contribution in [-0.4, -0.2) is 9.97 Å². The number of hydrogen-bond acceptors (Lipinski definition) is 5. The van der Waals surface area contributed by atoms with E-state index in [1.54, 1.807) is 11.3 Å². The summed E-state index contributed by atoms with van der Waals surface area (Å²) in [4.78, 5) is 9.42. The second kappa shape index (κ2) is 5.20. The minimum Gasteiger partial charge on any atom is -0.456 e. The lowest BCUT2D eigenvalue weighted by atomic mass is 10.0. The van der Waals surface area contributed by atoms with Gasteiger partial charge >= 0.3 is 0 Å². The van der Waals surface area contributed by atoms with Crippen LogP contribution in [0.15, 0.2) is 34.4 Å². The minimum atomic E-state index is 0.751. The number of aromatic nitrogens is 2. The predicted octanol–water partition coefficient (Wildman–Crippen LogP) is 5.00. The van der Waals surface area contributed by atoms with E-state index in [0.717, 1.165) is 84.0 Å². The van der Waals surface area contributed by atoms with Crippen molar-refractivity contribution in [1.29, 1.82) is 0 Å². The van der Waals surface area contributed by atoms with Gasteiger partial charge in [-0.15, -0.1) is 11.3 Å². The van der Waals surface area contributed by atoms with Crippen molar-refractivity contribution in [3.63, 3.8) is 0 Å². The van der Waals surface area contributed by atoms with Crippen LogP contribution in [0.25, 0.3) is 22.6 Å². The standard InChI is InChI=1S/C18H16N2O2S/c1-2-6-11(5-1)21-17-15-16(18(17)22-12-7-3-4-8-12)20-14-10-23-9-13(14)19-15/h5,7,9-10H,1-4,6,8H2. The highest BCUT2D eigenvalue weighted by Gasteiger charge is 2.36. The molecule has 4 nitrogen and oxygen atoms in total. The van der Waals surface area contributed by atoms with Crippen LogP contribution in [0.3, 0.4) is 0 Å². The zero-order valence-corrected chi connectivity index (χ0v) is 13.5. The fourth-order valence-corrected chi connectivity index (χ4v) is 3.86. The Morgan fingerprint density at radius 2 is 1.30 bits per heavy atom. The van der Waals surface area contributed by atoms with Crippen molar-refractivity contribution in [2.24, 2.45) is 0 Å². The van der Waals surface area contributed by atoms with Gasteiger partial charge in [-0.1, -0.05) is 0 Å². The van der Waals surface area contributed by atoms with Crippen LogP contribution in [0.4, 0.5) is 0 Å². The van der Waals surface area contributed by atoms with Crippen molar-refractivity contribution in [2.75, 3.05) is 0 Å². The summed E-state index contributed by atoms with van der Waals surface area (Å²) < 4.78 is 12.2. The van der Waals surface area contributed by atoms with Gasteiger partial charge < -0.3 is 9.47 Å². The van der Waals surface area contributed by atoms with E-state index in [9.17, 15) is 0 Å². The average Bonchev–Trinajstić information content (AvgIpc) is 3.31. The van der Waals surface area contributed by atoms with Gasteiger partial charge in [0.1, 0.15) is 33.9 Å². The molecule has 2 aromatic rings. The molecule has 0 fully saturated rings. The Bertz CT molecular complexity index is 822. The molecule has 23 heavy (non-hydrogen) atoms. The molecular formula is C18H16N2O2S. The second-order valence-electron chi connectivity index (χ2n) is 6.05. The SMILES string of the molecule is C1=C(OC2=C(OC3=CCCC3)c3nc4cscc4nc32)CCC1. The third kappa shape index (κ3) is 2.18. The summed E-state index contributed by atoms with van der Waals surface area (Å²) in [5.41, 5.74) is 3.51. The normalized spacial score (nSPS) is 19.5. The molecule has 0 aliphatic heterocycles. The van der Waals surface area contributed by atoms with Crippen molar-refractivity contribution in [3.05, 3.63) is 45.8 Å². The molecule has 3 aliphatic carbocycles. The van der Waals surface area contributed by atoms with Crippen LogP contribution in [0.1, 0.15) is 49.9 Å². The first-order chi connectivity index (χ1) is 11.4. The monoisotopic (exact) mass is 324 g/mol. The maximum absolute atomic E-state index is 6.11. The molecule has 0 amide bonds. The second-order valence-corrected chi connectivity index (χ2v) is 6.79. The molecule has 0 atom stereocenters. The van der Waals surface area contributed by atoms with Gasteiger partial charge in [0.05, 0.1) is 0 Å². The lowest BCUT2D eigenvalue weighted by Gasteiger charge is -2.25. The highest BCUT2D eigenvalue weighted by atomic mass is 32.1. The number of rotatable bonds is 4. The molecule has 5 heteroatoms. The Morgan fingerprint density at radius 3 is 1.74 bits per heavy atom. The Hall–Kier alpha value is -2.14. The van der Waals surface area contributed by atoms with E-state index in [-0.39, 0.29) is 0 Å². The van der Waals surface area contributed by atoms with Gasteiger partial charge in [-0.2, -0.15) is 0 Å². The molecule has 0 N–H and O–H groups in total. The highest BCUT2D eigenvalue weighted by molar-refractivity contribution is 7.09. The number of hydrogen-bond donors (Lipinski definition) is 0. The van der Waals surface area contributed by atoms with E-state index < -0.39 is 0 Å². The fraction of sp³-hybridized carbons (Fsp3) is 0.333. The molecule has 0 saturated heterocycles. The van der Waals surface area contributed by atoms with Gasteiger partial charge in [-0.05, 0) is 37.8 Å². The van der Waals surface area contributed by atoms with Crippen molar-refractivity contribution in [1.82, 2.24) is 9.97 Å². The summed E-state index contributed by atoms with van der Waals surface area (Å²) >= 11 is 1.62. The summed E-state index contributed by atoms with van der Waals surface area (Å²) in [5.74, 6) is 3.56. The summed E-state index contributed by atoms with van der Waals surface area (Å²) in [6, 6.07) is 0. The van der Waals surface area contributed by atoms with E-state index in [1.807, 2.05) is 10.8 Å². The van der Waals surface area contributed by atoms with Crippen molar-refractivity contribution >= 4 is 33.9 Å². The molecule has 2 aromatic heterocycles. The Labute approximate surface area is 138 Å². The Kier molecular flexibility index (Phi) is 3.01. The molecule has 116 valence electrons. The average molecular weight is 324 g/mol. The largest absolute Gasteiger partial charge is 0.456 e. The lowest BCUT2D eigenvalue weighted by molar-refractivity contribution is 0.318. The van der Waals surface area contributed by atoms with Crippen molar-refractivity contribution < 1.29 is 9.47 Å². The molecule has 0 bridgehead atoms. The Morgan fingerprint density at radius 1 is 0.783 bits per heavy atom. The molecule has 0 saturated carbocycles. The summed E-state index contributed by atoms with van der Waals surface area (Å²) in [6.07, 6.45) is 10.8. The zero-order chi connectivity index (χ0) is 15.2. The van der Waals surface area contributed by atoms with E-state index >= 15 is 0 Å². The number of thiophene rings is 1. The molecule has 0 radical (unpaired) electrons. The first kappa shape index (κ1) is 13.3. The lowest BCUT2D eigenvalue weighted by Crippen LogP contribution is -2.16. The van der Waals surface area contributed by atoms with E-state index in [1.165, 1.54) is 0 Å². The van der Waals surface area contributed by atoms with E-state index in [4.69, 9.17) is 19.4 Å². The summed E-state index contributed by atoms with van der Waals surface area (Å²) in [5, 5.41) is 4.04. The molecule has 0 aromatic carbocycles. The maximum Gasteiger partial charge on any atom is 0.199 e. The first-order valence-corrected chi connectivity index (χ1v) is 9.05. The maximum atomic E-state index is 6.11. The van der Waals surface area contributed by atoms with Crippen LogP contribution in [-0.2, 0) is 9.47 Å². The molecule has 5 rings (SSSR count). The van der Waals surface area contributed by atoms with Crippen LogP contribution in [0, 0.1) is 0 Å². The predicted molar refractivity (Wildman–Crippen MR) is 90.3 cm³/mol. The van der Waals surface area contributed by atoms with Gasteiger partial charge in [0, 0.05) is 23.6 Å². The van der Waals surface area contributed by atoms with Gasteiger partial charge in [0.25, 0.3) is 0 Å². The molecule has 2 heterocycles. The van der Waals surface area contributed by atoms with Crippen LogP contribution < -0.4 is 0 Å². The number of fused-ring (bicyclic) bond motifs is 2. The van der Waals surface area contributed by atoms with Crippen LogP contribution in [0.5, 0.6) is 0 Å². The van der Waals surface area contributed by atoms with E-state index in [0.29, 0.717) is 0 Å². The topological polar surface area (TPSA) is 44.2 Å². The smallest absolute Gasteiger partial charge is 0.199 e. The summed E-state index contributed by atoms with van der Waals surface area (Å²) in [7, 11) is 0. The molecule has 0 unspecified atom stereocenters. The first-order valence-electron chi connectivity index (χ1n) is 8.11. The van der Waals surface area contributed by atoms with E-state index in [2.05, 4.69) is 12.2 Å². The molecular weight excluding hydrogens is 308 g/mol. The van der Waals surface area contributed by atoms with Gasteiger partial charge in [0.2, 0.25) is 0 Å². The number of nitrogens with zero attached hydrogens (tertiary/aromatic N) is 2. The van der Waals surface area contributed by atoms with Gasteiger partial charge in [-0.25, -0.2) is 9.97 Å². The van der Waals surface area contributed by atoms with Gasteiger partial charge in [0.15, 0.2) is 11.5 Å². The third-order valence-corrected chi connectivity index (χ3v) is 5.13. The minimum absolute atomic E-state index is 0.751. The third-order valence-electron chi connectivity index (χ3n) is 4.41. The van der Waals surface area contributed by atoms with Crippen LogP contribution >= 0.6 is 11.3 Å². The Balaban J connectivity index is 1.54. The number of ether oxygens (including phenoxy) is 2. The van der Waals surface area contributed by atoms with Gasteiger partial charge in [-0.3, -0.25) is 0 Å². The number of allylic oxidation sites excluding steroid dienone is 4. The highest BCUT2D eigenvalue weighted by Crippen LogP contribution is 2.44. The quantitative estimate of drug-likeness (QED) is 0.794. The van der Waals surface area contributed by atoms with Crippen molar-refractivity contribution in [2.45, 2.75) is 38.5 Å². The van der Waals surface area contributed by atoms with Crippen LogP contribution in [0.2, 0.25) is 0 Å². The van der Waals surface area contributed by atoms with Crippen molar-refractivity contribution in [3.8, 4) is 0 Å². The molecule has 3 aliphatic rings. The zero-order valence-electron chi connectivity index (χ0n) is 12.7.